The van der Waals surface area contributed by atoms with Gasteiger partial charge in [-0.1, -0.05) is 29.3 Å². The van der Waals surface area contributed by atoms with E-state index in [-0.39, 0.29) is 16.9 Å². The van der Waals surface area contributed by atoms with Gasteiger partial charge < -0.3 is 20.1 Å². The molecule has 1 amide bonds. The molecule has 7 nitrogen and oxygen atoms in total. The normalized spacial score (nSPS) is 19.0. The average molecular weight is 564 g/mol. The van der Waals surface area contributed by atoms with E-state index in [0.717, 1.165) is 56.5 Å². The van der Waals surface area contributed by atoms with Crippen LogP contribution in [0.2, 0.25) is 10.0 Å². The molecule has 0 saturated carbocycles. The lowest BCUT2D eigenvalue weighted by Gasteiger charge is -2.32. The monoisotopic (exact) mass is 562 g/mol. The highest BCUT2D eigenvalue weighted by Gasteiger charge is 2.26. The third-order valence-electron chi connectivity index (χ3n) is 7.06. The molecule has 2 unspecified atom stereocenters. The Morgan fingerprint density at radius 3 is 2.76 bits per heavy atom. The van der Waals surface area contributed by atoms with Crippen LogP contribution in [-0.2, 0) is 4.74 Å². The van der Waals surface area contributed by atoms with E-state index in [1.54, 1.807) is 18.0 Å². The zero-order chi connectivity index (χ0) is 27.2. The van der Waals surface area contributed by atoms with Gasteiger partial charge in [-0.25, -0.2) is 14.2 Å². The number of ether oxygens (including phenoxy) is 2. The highest BCUT2D eigenvalue weighted by Crippen LogP contribution is 2.37. The van der Waals surface area contributed by atoms with Crippen LogP contribution in [-0.4, -0.2) is 48.4 Å². The highest BCUT2D eigenvalue weighted by atomic mass is 35.5. The summed E-state index contributed by atoms with van der Waals surface area (Å²) in [6.45, 7) is 6.14. The van der Waals surface area contributed by atoms with Gasteiger partial charge >= 0.3 is 6.09 Å². The number of aliphatic imine (C=N–C) groups is 1. The molecule has 204 valence electrons. The number of likely N-dealkylation sites (tertiary alicyclic amines) is 1. The number of carbonyl (C=O) groups is 1. The van der Waals surface area contributed by atoms with Crippen molar-refractivity contribution in [3.05, 3.63) is 57.5 Å². The van der Waals surface area contributed by atoms with Crippen molar-refractivity contribution >= 4 is 46.9 Å². The quantitative estimate of drug-likeness (QED) is 0.367. The molecule has 2 aliphatic heterocycles. The second-order valence-electron chi connectivity index (χ2n) is 9.70. The SMILES string of the molecule is CCOC(=O)N1CCC(CC2C=C(c3cnc(N)c(OC(C)c4c(Cl)ccc(F)c4Cl)c3)C=NCC2)CC1. The minimum absolute atomic E-state index is 0.0813. The molecule has 1 aromatic heterocycles. The van der Waals surface area contributed by atoms with Gasteiger partial charge in [-0.15, -0.1) is 0 Å². The van der Waals surface area contributed by atoms with Crippen LogP contribution >= 0.6 is 23.2 Å². The van der Waals surface area contributed by atoms with Crippen LogP contribution in [0.1, 0.15) is 56.8 Å². The fourth-order valence-electron chi connectivity index (χ4n) is 5.01. The first-order chi connectivity index (χ1) is 18.3. The number of amides is 1. The van der Waals surface area contributed by atoms with E-state index in [1.807, 2.05) is 19.2 Å². The van der Waals surface area contributed by atoms with E-state index < -0.39 is 11.9 Å². The summed E-state index contributed by atoms with van der Waals surface area (Å²) >= 11 is 12.4. The lowest BCUT2D eigenvalue weighted by atomic mass is 9.85. The van der Waals surface area contributed by atoms with Crippen molar-refractivity contribution in [2.24, 2.45) is 16.8 Å². The van der Waals surface area contributed by atoms with Gasteiger partial charge in [0.25, 0.3) is 0 Å². The Balaban J connectivity index is 1.47. The number of piperidine rings is 1. The molecule has 2 atom stereocenters. The predicted molar refractivity (Wildman–Crippen MR) is 149 cm³/mol. The van der Waals surface area contributed by atoms with E-state index in [0.29, 0.717) is 34.8 Å². The molecule has 1 aromatic carbocycles. The standard InChI is InChI=1S/C28H33Cl2FN4O3/c1-3-37-28(36)35-10-7-18(8-11-35)12-19-6-9-33-15-20(13-19)21-14-24(27(32)34-16-21)38-17(2)25-22(29)4-5-23(31)26(25)30/h4-5,13-19H,3,6-12H2,1-2H3,(H2,32,34). The number of nitrogen functional groups attached to an aromatic ring is 1. The van der Waals surface area contributed by atoms with Gasteiger partial charge in [0.1, 0.15) is 11.9 Å². The number of rotatable bonds is 7. The summed E-state index contributed by atoms with van der Waals surface area (Å²) in [6, 6.07) is 4.48. The number of hydrogen-bond acceptors (Lipinski definition) is 6. The van der Waals surface area contributed by atoms with Crippen LogP contribution in [0.25, 0.3) is 5.57 Å². The fraction of sp³-hybridized carbons (Fsp3) is 0.464. The first kappa shape index (κ1) is 28.2. The molecule has 10 heteroatoms. The summed E-state index contributed by atoms with van der Waals surface area (Å²) < 4.78 is 25.3. The summed E-state index contributed by atoms with van der Waals surface area (Å²) in [5.74, 6) is 0.871. The maximum absolute atomic E-state index is 14.0. The topological polar surface area (TPSA) is 90.0 Å². The minimum Gasteiger partial charge on any atom is -0.482 e. The third kappa shape index (κ3) is 6.77. The highest BCUT2D eigenvalue weighted by molar-refractivity contribution is 6.36. The molecule has 0 bridgehead atoms. The smallest absolute Gasteiger partial charge is 0.409 e. The largest absolute Gasteiger partial charge is 0.482 e. The van der Waals surface area contributed by atoms with Gasteiger partial charge in [0.2, 0.25) is 0 Å². The van der Waals surface area contributed by atoms with E-state index in [9.17, 15) is 9.18 Å². The van der Waals surface area contributed by atoms with Gasteiger partial charge in [-0.2, -0.15) is 0 Å². The summed E-state index contributed by atoms with van der Waals surface area (Å²) in [5.41, 5.74) is 8.24. The van der Waals surface area contributed by atoms with E-state index in [4.69, 9.17) is 38.4 Å². The van der Waals surface area contributed by atoms with Crippen molar-refractivity contribution in [2.75, 3.05) is 32.0 Å². The Kier molecular flexibility index (Phi) is 9.49. The fourth-order valence-corrected chi connectivity index (χ4v) is 5.68. The molecular weight excluding hydrogens is 530 g/mol. The van der Waals surface area contributed by atoms with Crippen molar-refractivity contribution in [2.45, 2.75) is 45.6 Å². The number of anilines is 1. The molecule has 2 aliphatic rings. The molecule has 4 rings (SSSR count). The molecule has 0 spiro atoms. The summed E-state index contributed by atoms with van der Waals surface area (Å²) in [7, 11) is 0. The number of aromatic nitrogens is 1. The van der Waals surface area contributed by atoms with Crippen LogP contribution in [0.5, 0.6) is 5.75 Å². The zero-order valence-electron chi connectivity index (χ0n) is 21.6. The molecule has 1 saturated heterocycles. The summed E-state index contributed by atoms with van der Waals surface area (Å²) in [5, 5.41) is 0.225. The Hall–Kier alpha value is -2.84. The van der Waals surface area contributed by atoms with Gasteiger partial charge in [0, 0.05) is 48.2 Å². The van der Waals surface area contributed by atoms with Gasteiger partial charge in [0.05, 0.1) is 11.6 Å². The van der Waals surface area contributed by atoms with E-state index >= 15 is 0 Å². The Labute approximate surface area is 232 Å². The molecule has 0 radical (unpaired) electrons. The number of pyridine rings is 1. The first-order valence-electron chi connectivity index (χ1n) is 13.0. The lowest BCUT2D eigenvalue weighted by molar-refractivity contribution is 0.0896. The molecule has 0 aliphatic carbocycles. The van der Waals surface area contributed by atoms with Gasteiger partial charge in [-0.3, -0.25) is 4.99 Å². The second kappa shape index (κ2) is 12.8. The van der Waals surface area contributed by atoms with Crippen LogP contribution < -0.4 is 10.5 Å². The molecule has 2 N–H and O–H groups in total. The van der Waals surface area contributed by atoms with Gasteiger partial charge in [-0.05, 0) is 75.1 Å². The molecule has 2 aromatic rings. The zero-order valence-corrected chi connectivity index (χ0v) is 23.1. The average Bonchev–Trinajstić information content (AvgIpc) is 3.14. The number of nitrogens with zero attached hydrogens (tertiary/aromatic N) is 3. The number of benzene rings is 1. The van der Waals surface area contributed by atoms with Crippen molar-refractivity contribution in [1.29, 1.82) is 0 Å². The number of hydrogen-bond donors (Lipinski definition) is 1. The Bertz CT molecular complexity index is 1210. The number of halogens is 3. The van der Waals surface area contributed by atoms with Crippen molar-refractivity contribution in [3.8, 4) is 5.75 Å². The number of nitrogens with two attached hydrogens (primary N) is 1. The van der Waals surface area contributed by atoms with Crippen LogP contribution in [0.3, 0.4) is 0 Å². The second-order valence-corrected chi connectivity index (χ2v) is 10.5. The van der Waals surface area contributed by atoms with Crippen LogP contribution in [0.15, 0.2) is 35.5 Å². The molecule has 1 fully saturated rings. The summed E-state index contributed by atoms with van der Waals surface area (Å²) in [4.78, 5) is 22.7. The molecule has 3 heterocycles. The Morgan fingerprint density at radius 1 is 1.26 bits per heavy atom. The maximum Gasteiger partial charge on any atom is 0.409 e. The van der Waals surface area contributed by atoms with E-state index in [1.165, 1.54) is 12.1 Å². The summed E-state index contributed by atoms with van der Waals surface area (Å²) in [6.07, 6.45) is 8.84. The number of allylic oxidation sites excluding steroid dienone is 2. The van der Waals surface area contributed by atoms with Crippen LogP contribution in [0, 0.1) is 17.7 Å². The minimum atomic E-state index is -0.657. The van der Waals surface area contributed by atoms with Crippen LogP contribution in [0.4, 0.5) is 15.0 Å². The predicted octanol–water partition coefficient (Wildman–Crippen LogP) is 6.98. The molecule has 38 heavy (non-hydrogen) atoms. The Morgan fingerprint density at radius 2 is 2.03 bits per heavy atom. The maximum atomic E-state index is 14.0. The molecular formula is C28H33Cl2FN4O3. The third-order valence-corrected chi connectivity index (χ3v) is 7.77. The van der Waals surface area contributed by atoms with Gasteiger partial charge in [0.15, 0.2) is 11.6 Å². The van der Waals surface area contributed by atoms with E-state index in [2.05, 4.69) is 16.1 Å². The first-order valence-corrected chi connectivity index (χ1v) is 13.7. The number of carbonyl (C=O) groups excluding carboxylic acids is 1. The van der Waals surface area contributed by atoms with Crippen molar-refractivity contribution in [3.63, 3.8) is 0 Å². The lowest BCUT2D eigenvalue weighted by Crippen LogP contribution is -2.39. The van der Waals surface area contributed by atoms with Crippen molar-refractivity contribution in [1.82, 2.24) is 9.88 Å². The van der Waals surface area contributed by atoms with Crippen molar-refractivity contribution < 1.29 is 18.7 Å².